The van der Waals surface area contributed by atoms with Crippen LogP contribution in [0.1, 0.15) is 15.6 Å². The molecule has 0 unspecified atom stereocenters. The van der Waals surface area contributed by atoms with Gasteiger partial charge in [-0.3, -0.25) is 4.79 Å². The molecule has 0 atom stereocenters. The first-order valence-electron chi connectivity index (χ1n) is 6.74. The number of anilines is 1. The highest BCUT2D eigenvalue weighted by molar-refractivity contribution is 7.07. The van der Waals surface area contributed by atoms with Crippen LogP contribution in [0.5, 0.6) is 0 Å². The zero-order valence-corrected chi connectivity index (χ0v) is 13.2. The van der Waals surface area contributed by atoms with E-state index in [1.165, 1.54) is 0 Å². The van der Waals surface area contributed by atoms with E-state index in [1.807, 2.05) is 29.2 Å². The zero-order chi connectivity index (χ0) is 14.8. The number of nitrogens with zero attached hydrogens (tertiary/aromatic N) is 4. The number of rotatable bonds is 2. The van der Waals surface area contributed by atoms with Crippen molar-refractivity contribution in [2.75, 3.05) is 31.1 Å². The lowest BCUT2D eigenvalue weighted by atomic mass is 10.2. The summed E-state index contributed by atoms with van der Waals surface area (Å²) in [5, 5.41) is 1.22. The second-order valence-corrected chi connectivity index (χ2v) is 6.04. The molecule has 21 heavy (non-hydrogen) atoms. The summed E-state index contributed by atoms with van der Waals surface area (Å²) in [6, 6.07) is 7.79. The first-order chi connectivity index (χ1) is 10.1. The van der Waals surface area contributed by atoms with Crippen LogP contribution in [0, 0.1) is 6.92 Å². The number of amides is 1. The fourth-order valence-corrected chi connectivity index (χ4v) is 3.27. The van der Waals surface area contributed by atoms with Gasteiger partial charge in [0, 0.05) is 26.2 Å². The lowest BCUT2D eigenvalue weighted by Crippen LogP contribution is -2.48. The van der Waals surface area contributed by atoms with E-state index in [1.54, 1.807) is 6.92 Å². The fourth-order valence-electron chi connectivity index (χ4n) is 2.38. The fraction of sp³-hybridized carbons (Fsp3) is 0.357. The maximum Gasteiger partial charge on any atom is 0.284 e. The van der Waals surface area contributed by atoms with E-state index < -0.39 is 0 Å². The van der Waals surface area contributed by atoms with Gasteiger partial charge in [-0.25, -0.2) is 4.98 Å². The van der Waals surface area contributed by atoms with Crippen molar-refractivity contribution in [3.63, 3.8) is 0 Å². The van der Waals surface area contributed by atoms with Crippen LogP contribution in [-0.4, -0.2) is 46.3 Å². The largest absolute Gasteiger partial charge is 0.367 e. The third-order valence-electron chi connectivity index (χ3n) is 3.47. The number of hydrogen-bond acceptors (Lipinski definition) is 5. The number of carbonyl (C=O) groups is 1. The Balaban J connectivity index is 1.65. The Bertz CT molecular complexity index is 652. The maximum atomic E-state index is 12.3. The van der Waals surface area contributed by atoms with Gasteiger partial charge < -0.3 is 9.80 Å². The van der Waals surface area contributed by atoms with Gasteiger partial charge in [-0.1, -0.05) is 23.7 Å². The molecule has 7 heteroatoms. The van der Waals surface area contributed by atoms with Gasteiger partial charge in [0.2, 0.25) is 5.01 Å². The summed E-state index contributed by atoms with van der Waals surface area (Å²) in [7, 11) is 0. The van der Waals surface area contributed by atoms with Crippen LogP contribution in [-0.2, 0) is 0 Å². The summed E-state index contributed by atoms with van der Waals surface area (Å²) in [4.78, 5) is 20.5. The lowest BCUT2D eigenvalue weighted by molar-refractivity contribution is 0.0746. The van der Waals surface area contributed by atoms with E-state index in [9.17, 15) is 4.79 Å². The summed E-state index contributed by atoms with van der Waals surface area (Å²) >= 11 is 7.38. The van der Waals surface area contributed by atoms with Gasteiger partial charge >= 0.3 is 0 Å². The van der Waals surface area contributed by atoms with E-state index in [0.29, 0.717) is 23.9 Å². The number of piperazine rings is 1. The van der Waals surface area contributed by atoms with Gasteiger partial charge in [0.15, 0.2) is 0 Å². The third kappa shape index (κ3) is 3.01. The molecule has 1 aliphatic heterocycles. The quantitative estimate of drug-likeness (QED) is 0.852. The van der Waals surface area contributed by atoms with Gasteiger partial charge in [0.1, 0.15) is 5.82 Å². The third-order valence-corrected chi connectivity index (χ3v) is 4.58. The van der Waals surface area contributed by atoms with Crippen molar-refractivity contribution in [3.05, 3.63) is 40.1 Å². The van der Waals surface area contributed by atoms with Crippen LogP contribution in [0.15, 0.2) is 24.3 Å². The Labute approximate surface area is 132 Å². The molecule has 1 aromatic carbocycles. The summed E-state index contributed by atoms with van der Waals surface area (Å²) in [5.41, 5.74) is 1.03. The molecule has 5 nitrogen and oxygen atoms in total. The molecule has 1 amide bonds. The van der Waals surface area contributed by atoms with Crippen molar-refractivity contribution in [2.24, 2.45) is 0 Å². The average Bonchev–Trinajstić information content (AvgIpc) is 2.94. The van der Waals surface area contributed by atoms with Gasteiger partial charge in [0.25, 0.3) is 5.91 Å². The lowest BCUT2D eigenvalue weighted by Gasteiger charge is -2.36. The molecule has 1 fully saturated rings. The van der Waals surface area contributed by atoms with Crippen LogP contribution in [0.2, 0.25) is 5.02 Å². The summed E-state index contributed by atoms with van der Waals surface area (Å²) in [6.07, 6.45) is 0. The smallest absolute Gasteiger partial charge is 0.284 e. The average molecular weight is 323 g/mol. The molecule has 0 aliphatic carbocycles. The maximum absolute atomic E-state index is 12.3. The standard InChI is InChI=1S/C14H15ClN4OS/c1-10-16-13(21-17-10)14(20)19-8-6-18(7-9-19)12-5-3-2-4-11(12)15/h2-5H,6-9H2,1H3. The van der Waals surface area contributed by atoms with Crippen molar-refractivity contribution in [2.45, 2.75) is 6.92 Å². The molecule has 0 spiro atoms. The first kappa shape index (κ1) is 14.3. The molecular weight excluding hydrogens is 308 g/mol. The van der Waals surface area contributed by atoms with Crippen LogP contribution >= 0.6 is 23.1 Å². The summed E-state index contributed by atoms with van der Waals surface area (Å²) in [5.74, 6) is 0.623. The minimum atomic E-state index is -0.0283. The van der Waals surface area contributed by atoms with Crippen molar-refractivity contribution >= 4 is 34.7 Å². The van der Waals surface area contributed by atoms with E-state index >= 15 is 0 Å². The highest BCUT2D eigenvalue weighted by atomic mass is 35.5. The minimum absolute atomic E-state index is 0.0283. The van der Waals surface area contributed by atoms with Crippen molar-refractivity contribution in [1.82, 2.24) is 14.3 Å². The molecule has 0 N–H and O–H groups in total. The number of hydrogen-bond donors (Lipinski definition) is 0. The molecule has 110 valence electrons. The molecule has 0 bridgehead atoms. The minimum Gasteiger partial charge on any atom is -0.367 e. The monoisotopic (exact) mass is 322 g/mol. The number of benzene rings is 1. The summed E-state index contributed by atoms with van der Waals surface area (Å²) < 4.78 is 4.06. The number of para-hydroxylation sites is 1. The topological polar surface area (TPSA) is 49.3 Å². The van der Waals surface area contributed by atoms with Crippen LogP contribution in [0.4, 0.5) is 5.69 Å². The molecule has 0 radical (unpaired) electrons. The second kappa shape index (κ2) is 5.99. The molecule has 3 rings (SSSR count). The number of carbonyl (C=O) groups excluding carboxylic acids is 1. The van der Waals surface area contributed by atoms with Crippen LogP contribution in [0.25, 0.3) is 0 Å². The Morgan fingerprint density at radius 1 is 1.24 bits per heavy atom. The van der Waals surface area contributed by atoms with Crippen molar-refractivity contribution in [3.8, 4) is 0 Å². The number of aryl methyl sites for hydroxylation is 1. The SMILES string of the molecule is Cc1nsc(C(=O)N2CCN(c3ccccc3Cl)CC2)n1. The van der Waals surface area contributed by atoms with Crippen molar-refractivity contribution in [1.29, 1.82) is 0 Å². The van der Waals surface area contributed by atoms with E-state index in [0.717, 1.165) is 35.3 Å². The van der Waals surface area contributed by atoms with Gasteiger partial charge in [-0.15, -0.1) is 0 Å². The second-order valence-electron chi connectivity index (χ2n) is 4.88. The molecule has 1 saturated heterocycles. The van der Waals surface area contributed by atoms with E-state index in [4.69, 9.17) is 11.6 Å². The molecule has 1 aliphatic rings. The highest BCUT2D eigenvalue weighted by Gasteiger charge is 2.25. The molecule has 1 aromatic heterocycles. The Morgan fingerprint density at radius 3 is 2.57 bits per heavy atom. The first-order valence-corrected chi connectivity index (χ1v) is 7.89. The van der Waals surface area contributed by atoms with E-state index in [-0.39, 0.29) is 5.91 Å². The van der Waals surface area contributed by atoms with Crippen LogP contribution in [0.3, 0.4) is 0 Å². The van der Waals surface area contributed by atoms with E-state index in [2.05, 4.69) is 14.3 Å². The Morgan fingerprint density at radius 2 is 1.95 bits per heavy atom. The number of aromatic nitrogens is 2. The predicted octanol–water partition coefficient (Wildman–Crippen LogP) is 2.46. The predicted molar refractivity (Wildman–Crippen MR) is 84.2 cm³/mol. The Hall–Kier alpha value is -1.66. The highest BCUT2D eigenvalue weighted by Crippen LogP contribution is 2.26. The van der Waals surface area contributed by atoms with Gasteiger partial charge in [0.05, 0.1) is 10.7 Å². The molecular formula is C14H15ClN4OS. The molecule has 2 aromatic rings. The van der Waals surface area contributed by atoms with Gasteiger partial charge in [-0.2, -0.15) is 4.37 Å². The number of halogens is 1. The van der Waals surface area contributed by atoms with Gasteiger partial charge in [-0.05, 0) is 30.6 Å². The summed E-state index contributed by atoms with van der Waals surface area (Å²) in [6.45, 7) is 4.68. The van der Waals surface area contributed by atoms with Crippen LogP contribution < -0.4 is 4.90 Å². The van der Waals surface area contributed by atoms with Crippen molar-refractivity contribution < 1.29 is 4.79 Å². The Kier molecular flexibility index (Phi) is 4.07. The molecule has 2 heterocycles. The molecule has 0 saturated carbocycles. The zero-order valence-electron chi connectivity index (χ0n) is 11.6. The normalized spacial score (nSPS) is 15.3.